The summed E-state index contributed by atoms with van der Waals surface area (Å²) in [4.78, 5) is 15.1. The number of piperidine rings is 1. The highest BCUT2D eigenvalue weighted by molar-refractivity contribution is 5.69. The van der Waals surface area contributed by atoms with Crippen molar-refractivity contribution in [3.8, 4) is 0 Å². The van der Waals surface area contributed by atoms with Crippen molar-refractivity contribution in [1.29, 1.82) is 0 Å². The molecule has 2 heterocycles. The molecule has 0 aromatic carbocycles. The van der Waals surface area contributed by atoms with Gasteiger partial charge in [0.1, 0.15) is 0 Å². The largest absolute Gasteiger partial charge is 0.480 e. The second-order valence-corrected chi connectivity index (χ2v) is 5.16. The van der Waals surface area contributed by atoms with Gasteiger partial charge in [-0.1, -0.05) is 0 Å². The molecule has 4 heteroatoms. The zero-order valence-corrected chi connectivity index (χ0v) is 9.41. The number of aliphatic carboxylic acids is 1. The van der Waals surface area contributed by atoms with E-state index in [1.165, 1.54) is 32.4 Å². The molecule has 2 rings (SSSR count). The monoisotopic (exact) mass is 212 g/mol. The van der Waals surface area contributed by atoms with E-state index in [1.807, 2.05) is 0 Å². The molecule has 0 radical (unpaired) electrons. The van der Waals surface area contributed by atoms with Gasteiger partial charge < -0.3 is 10.0 Å². The van der Waals surface area contributed by atoms with Crippen LogP contribution in [0.4, 0.5) is 0 Å². The van der Waals surface area contributed by atoms with E-state index in [2.05, 4.69) is 16.8 Å². The molecular formula is C11H20N2O2. The van der Waals surface area contributed by atoms with E-state index in [0.29, 0.717) is 5.41 Å². The molecule has 0 aromatic heterocycles. The standard InChI is InChI=1S/C11H20N2O2/c1-12-5-2-11(3-6-12)4-7-13(9-11)8-10(14)15/h2-9H2,1H3,(H,14,15). The molecule has 0 aromatic rings. The van der Waals surface area contributed by atoms with Gasteiger partial charge in [-0.15, -0.1) is 0 Å². The minimum atomic E-state index is -0.694. The molecule has 0 unspecified atom stereocenters. The summed E-state index contributed by atoms with van der Waals surface area (Å²) in [6.07, 6.45) is 3.66. The first-order chi connectivity index (χ1) is 7.10. The van der Waals surface area contributed by atoms with Crippen molar-refractivity contribution in [1.82, 2.24) is 9.80 Å². The zero-order valence-electron chi connectivity index (χ0n) is 9.41. The highest BCUT2D eigenvalue weighted by Crippen LogP contribution is 2.39. The highest BCUT2D eigenvalue weighted by atomic mass is 16.4. The van der Waals surface area contributed by atoms with Crippen molar-refractivity contribution in [2.24, 2.45) is 5.41 Å². The number of rotatable bonds is 2. The normalized spacial score (nSPS) is 27.3. The van der Waals surface area contributed by atoms with Crippen molar-refractivity contribution >= 4 is 5.97 Å². The van der Waals surface area contributed by atoms with Crippen LogP contribution in [0.15, 0.2) is 0 Å². The van der Waals surface area contributed by atoms with Crippen molar-refractivity contribution < 1.29 is 9.90 Å². The Bertz CT molecular complexity index is 247. The van der Waals surface area contributed by atoms with E-state index >= 15 is 0 Å². The second kappa shape index (κ2) is 4.10. The fourth-order valence-corrected chi connectivity index (χ4v) is 2.85. The van der Waals surface area contributed by atoms with Crippen LogP contribution in [-0.4, -0.2) is 60.6 Å². The van der Waals surface area contributed by atoms with Crippen molar-refractivity contribution in [3.63, 3.8) is 0 Å². The Labute approximate surface area is 90.9 Å². The quantitative estimate of drug-likeness (QED) is 0.723. The summed E-state index contributed by atoms with van der Waals surface area (Å²) in [6, 6.07) is 0. The van der Waals surface area contributed by atoms with Gasteiger partial charge in [-0.25, -0.2) is 0 Å². The molecule has 2 aliphatic rings. The molecular weight excluding hydrogens is 192 g/mol. The molecule has 15 heavy (non-hydrogen) atoms. The van der Waals surface area contributed by atoms with E-state index in [4.69, 9.17) is 5.11 Å². The topological polar surface area (TPSA) is 43.8 Å². The van der Waals surface area contributed by atoms with Crippen molar-refractivity contribution in [2.75, 3.05) is 39.8 Å². The second-order valence-electron chi connectivity index (χ2n) is 5.16. The Hall–Kier alpha value is -0.610. The summed E-state index contributed by atoms with van der Waals surface area (Å²) in [5.41, 5.74) is 0.433. The smallest absolute Gasteiger partial charge is 0.317 e. The van der Waals surface area contributed by atoms with E-state index in [1.54, 1.807) is 0 Å². The lowest BCUT2D eigenvalue weighted by Gasteiger charge is -2.37. The third kappa shape index (κ3) is 2.49. The molecule has 0 bridgehead atoms. The van der Waals surface area contributed by atoms with Crippen LogP contribution in [0.1, 0.15) is 19.3 Å². The van der Waals surface area contributed by atoms with Crippen molar-refractivity contribution in [3.05, 3.63) is 0 Å². The minimum absolute atomic E-state index is 0.220. The lowest BCUT2D eigenvalue weighted by Crippen LogP contribution is -2.40. The number of hydrogen-bond acceptors (Lipinski definition) is 3. The van der Waals surface area contributed by atoms with Gasteiger partial charge in [0.2, 0.25) is 0 Å². The highest BCUT2D eigenvalue weighted by Gasteiger charge is 2.40. The number of carboxylic acids is 1. The number of carboxylic acid groups (broad SMARTS) is 1. The maximum atomic E-state index is 10.6. The van der Waals surface area contributed by atoms with Crippen molar-refractivity contribution in [2.45, 2.75) is 19.3 Å². The Morgan fingerprint density at radius 1 is 1.27 bits per heavy atom. The van der Waals surface area contributed by atoms with Crippen LogP contribution in [-0.2, 0) is 4.79 Å². The van der Waals surface area contributed by atoms with E-state index < -0.39 is 5.97 Å². The minimum Gasteiger partial charge on any atom is -0.480 e. The molecule has 2 aliphatic heterocycles. The third-order valence-electron chi connectivity index (χ3n) is 3.92. The molecule has 4 nitrogen and oxygen atoms in total. The molecule has 0 aliphatic carbocycles. The number of nitrogens with zero attached hydrogens (tertiary/aromatic N) is 2. The maximum absolute atomic E-state index is 10.6. The summed E-state index contributed by atoms with van der Waals surface area (Å²) in [5, 5.41) is 8.75. The van der Waals surface area contributed by atoms with Gasteiger partial charge in [-0.2, -0.15) is 0 Å². The first kappa shape index (κ1) is 10.9. The molecule has 0 saturated carbocycles. The number of likely N-dealkylation sites (tertiary alicyclic amines) is 2. The zero-order chi connectivity index (χ0) is 10.9. The Kier molecular flexibility index (Phi) is 2.98. The molecule has 1 N–H and O–H groups in total. The summed E-state index contributed by atoms with van der Waals surface area (Å²) in [5.74, 6) is -0.694. The third-order valence-corrected chi connectivity index (χ3v) is 3.92. The number of hydrogen-bond donors (Lipinski definition) is 1. The van der Waals surface area contributed by atoms with Gasteiger partial charge in [0.05, 0.1) is 6.54 Å². The van der Waals surface area contributed by atoms with Crippen LogP contribution in [0.5, 0.6) is 0 Å². The average molecular weight is 212 g/mol. The Morgan fingerprint density at radius 3 is 2.47 bits per heavy atom. The SMILES string of the molecule is CN1CCC2(CC1)CCN(CC(=O)O)C2. The van der Waals surface area contributed by atoms with Crippen LogP contribution >= 0.6 is 0 Å². The molecule has 86 valence electrons. The van der Waals surface area contributed by atoms with E-state index in [0.717, 1.165) is 13.1 Å². The molecule has 0 atom stereocenters. The molecule has 2 fully saturated rings. The lowest BCUT2D eigenvalue weighted by atomic mass is 9.78. The van der Waals surface area contributed by atoms with Gasteiger partial charge in [0, 0.05) is 6.54 Å². The fraction of sp³-hybridized carbons (Fsp3) is 0.909. The first-order valence-corrected chi connectivity index (χ1v) is 5.72. The van der Waals surface area contributed by atoms with Crippen LogP contribution in [0.25, 0.3) is 0 Å². The molecule has 0 amide bonds. The van der Waals surface area contributed by atoms with Gasteiger partial charge in [-0.05, 0) is 51.4 Å². The maximum Gasteiger partial charge on any atom is 0.317 e. The van der Waals surface area contributed by atoms with E-state index in [-0.39, 0.29) is 6.54 Å². The molecule has 1 spiro atoms. The first-order valence-electron chi connectivity index (χ1n) is 5.72. The van der Waals surface area contributed by atoms with Gasteiger partial charge in [0.15, 0.2) is 0 Å². The molecule has 2 saturated heterocycles. The van der Waals surface area contributed by atoms with Gasteiger partial charge in [0.25, 0.3) is 0 Å². The summed E-state index contributed by atoms with van der Waals surface area (Å²) in [6.45, 7) is 4.52. The summed E-state index contributed by atoms with van der Waals surface area (Å²) < 4.78 is 0. The summed E-state index contributed by atoms with van der Waals surface area (Å²) >= 11 is 0. The Morgan fingerprint density at radius 2 is 1.87 bits per heavy atom. The van der Waals surface area contributed by atoms with E-state index in [9.17, 15) is 4.79 Å². The van der Waals surface area contributed by atoms with Crippen LogP contribution in [0.2, 0.25) is 0 Å². The Balaban J connectivity index is 1.88. The van der Waals surface area contributed by atoms with Crippen LogP contribution in [0, 0.1) is 5.41 Å². The van der Waals surface area contributed by atoms with Crippen LogP contribution in [0.3, 0.4) is 0 Å². The predicted octanol–water partition coefficient (Wildman–Crippen LogP) is 0.489. The summed E-state index contributed by atoms with van der Waals surface area (Å²) in [7, 11) is 2.16. The fourth-order valence-electron chi connectivity index (χ4n) is 2.85. The van der Waals surface area contributed by atoms with Gasteiger partial charge in [-0.3, -0.25) is 9.69 Å². The number of carbonyl (C=O) groups is 1. The predicted molar refractivity (Wildman–Crippen MR) is 57.9 cm³/mol. The van der Waals surface area contributed by atoms with Gasteiger partial charge >= 0.3 is 5.97 Å². The lowest BCUT2D eigenvalue weighted by molar-refractivity contribution is -0.138. The average Bonchev–Trinajstić information content (AvgIpc) is 2.54. The van der Waals surface area contributed by atoms with Crippen LogP contribution < -0.4 is 0 Å².